The number of methoxy groups -OCH3 is 2. The standard InChI is InChI=1S/C16H17ClO3/c1-10-4-6-14(19-2)12(8-10)16(18)11-5-7-15(20-3)13(17)9-11/h4-9,16,18H,1-3H3. The van der Waals surface area contributed by atoms with Crippen molar-refractivity contribution >= 4 is 11.6 Å². The van der Waals surface area contributed by atoms with Crippen LogP contribution in [0.15, 0.2) is 36.4 Å². The van der Waals surface area contributed by atoms with Crippen LogP contribution in [0.2, 0.25) is 5.02 Å². The molecule has 0 fully saturated rings. The Kier molecular flexibility index (Phi) is 4.53. The van der Waals surface area contributed by atoms with Gasteiger partial charge in [-0.1, -0.05) is 29.3 Å². The number of hydrogen-bond acceptors (Lipinski definition) is 3. The van der Waals surface area contributed by atoms with E-state index in [2.05, 4.69) is 0 Å². The highest BCUT2D eigenvalue weighted by molar-refractivity contribution is 6.32. The van der Waals surface area contributed by atoms with Gasteiger partial charge in [0.25, 0.3) is 0 Å². The van der Waals surface area contributed by atoms with E-state index >= 15 is 0 Å². The summed E-state index contributed by atoms with van der Waals surface area (Å²) in [5.41, 5.74) is 2.47. The van der Waals surface area contributed by atoms with E-state index in [0.29, 0.717) is 27.6 Å². The largest absolute Gasteiger partial charge is 0.496 e. The Bertz CT molecular complexity index is 611. The molecular formula is C16H17ClO3. The molecule has 0 aliphatic carbocycles. The number of aryl methyl sites for hydroxylation is 1. The predicted octanol–water partition coefficient (Wildman–Crippen LogP) is 3.75. The maximum Gasteiger partial charge on any atom is 0.137 e. The lowest BCUT2D eigenvalue weighted by Crippen LogP contribution is -2.03. The van der Waals surface area contributed by atoms with Crippen molar-refractivity contribution < 1.29 is 14.6 Å². The Morgan fingerprint density at radius 2 is 1.65 bits per heavy atom. The molecule has 3 nitrogen and oxygen atoms in total. The maximum absolute atomic E-state index is 10.5. The van der Waals surface area contributed by atoms with Gasteiger partial charge in [0, 0.05) is 5.56 Å². The monoisotopic (exact) mass is 292 g/mol. The van der Waals surface area contributed by atoms with Crippen LogP contribution in [-0.4, -0.2) is 19.3 Å². The molecule has 1 atom stereocenters. The van der Waals surface area contributed by atoms with Gasteiger partial charge in [0.15, 0.2) is 0 Å². The van der Waals surface area contributed by atoms with E-state index in [0.717, 1.165) is 5.56 Å². The minimum atomic E-state index is -0.798. The SMILES string of the molecule is COc1ccc(C(O)c2cc(C)ccc2OC)cc1Cl. The summed E-state index contributed by atoms with van der Waals surface area (Å²) in [5.74, 6) is 1.23. The molecule has 20 heavy (non-hydrogen) atoms. The van der Waals surface area contributed by atoms with Crippen LogP contribution in [0.25, 0.3) is 0 Å². The number of aliphatic hydroxyl groups excluding tert-OH is 1. The van der Waals surface area contributed by atoms with E-state index in [1.165, 1.54) is 0 Å². The van der Waals surface area contributed by atoms with Crippen LogP contribution in [-0.2, 0) is 0 Å². The minimum Gasteiger partial charge on any atom is -0.496 e. The highest BCUT2D eigenvalue weighted by atomic mass is 35.5. The Hall–Kier alpha value is -1.71. The van der Waals surface area contributed by atoms with Crippen LogP contribution in [0.5, 0.6) is 11.5 Å². The van der Waals surface area contributed by atoms with Crippen LogP contribution < -0.4 is 9.47 Å². The first-order chi connectivity index (χ1) is 9.56. The second-order valence-corrected chi connectivity index (χ2v) is 4.95. The zero-order valence-electron chi connectivity index (χ0n) is 11.7. The summed E-state index contributed by atoms with van der Waals surface area (Å²) in [4.78, 5) is 0. The first kappa shape index (κ1) is 14.7. The molecule has 2 aromatic carbocycles. The third-order valence-electron chi connectivity index (χ3n) is 3.17. The van der Waals surface area contributed by atoms with Gasteiger partial charge in [0.2, 0.25) is 0 Å². The molecule has 0 aromatic heterocycles. The highest BCUT2D eigenvalue weighted by Gasteiger charge is 2.17. The summed E-state index contributed by atoms with van der Waals surface area (Å²) in [6, 6.07) is 10.9. The summed E-state index contributed by atoms with van der Waals surface area (Å²) in [7, 11) is 3.14. The normalized spacial score (nSPS) is 12.1. The molecule has 1 unspecified atom stereocenters. The number of halogens is 1. The highest BCUT2D eigenvalue weighted by Crippen LogP contribution is 2.34. The fourth-order valence-corrected chi connectivity index (χ4v) is 2.37. The third-order valence-corrected chi connectivity index (χ3v) is 3.47. The Labute approximate surface area is 123 Å². The molecule has 2 rings (SSSR count). The molecule has 1 N–H and O–H groups in total. The van der Waals surface area contributed by atoms with Crippen molar-refractivity contribution in [1.82, 2.24) is 0 Å². The van der Waals surface area contributed by atoms with Crippen LogP contribution in [0.1, 0.15) is 22.8 Å². The first-order valence-electron chi connectivity index (χ1n) is 6.23. The topological polar surface area (TPSA) is 38.7 Å². The van der Waals surface area contributed by atoms with E-state index in [1.807, 2.05) is 25.1 Å². The molecule has 106 valence electrons. The molecule has 0 saturated carbocycles. The fraction of sp³-hybridized carbons (Fsp3) is 0.250. The van der Waals surface area contributed by atoms with Crippen molar-refractivity contribution in [3.63, 3.8) is 0 Å². The van der Waals surface area contributed by atoms with E-state index in [4.69, 9.17) is 21.1 Å². The van der Waals surface area contributed by atoms with Crippen LogP contribution in [0.3, 0.4) is 0 Å². The van der Waals surface area contributed by atoms with Gasteiger partial charge in [-0.05, 0) is 36.8 Å². The van der Waals surface area contributed by atoms with E-state index in [-0.39, 0.29) is 0 Å². The van der Waals surface area contributed by atoms with Crippen molar-refractivity contribution in [2.24, 2.45) is 0 Å². The number of ether oxygens (including phenoxy) is 2. The molecule has 0 bridgehead atoms. The van der Waals surface area contributed by atoms with Gasteiger partial charge in [-0.25, -0.2) is 0 Å². The van der Waals surface area contributed by atoms with Crippen molar-refractivity contribution in [1.29, 1.82) is 0 Å². The number of aliphatic hydroxyl groups is 1. The second kappa shape index (κ2) is 6.16. The molecule has 2 aromatic rings. The van der Waals surface area contributed by atoms with Crippen LogP contribution in [0.4, 0.5) is 0 Å². The zero-order chi connectivity index (χ0) is 14.7. The van der Waals surface area contributed by atoms with Crippen LogP contribution >= 0.6 is 11.6 Å². The quantitative estimate of drug-likeness (QED) is 0.933. The zero-order valence-corrected chi connectivity index (χ0v) is 12.4. The molecule has 0 aliphatic rings. The van der Waals surface area contributed by atoms with Crippen LogP contribution in [0, 0.1) is 6.92 Å². The van der Waals surface area contributed by atoms with E-state index in [1.54, 1.807) is 32.4 Å². The van der Waals surface area contributed by atoms with Gasteiger partial charge < -0.3 is 14.6 Å². The van der Waals surface area contributed by atoms with Gasteiger partial charge in [-0.3, -0.25) is 0 Å². The Morgan fingerprint density at radius 3 is 2.25 bits per heavy atom. The number of rotatable bonds is 4. The third kappa shape index (κ3) is 2.89. The lowest BCUT2D eigenvalue weighted by atomic mass is 9.99. The summed E-state index contributed by atoms with van der Waals surface area (Å²) in [5, 5.41) is 11.0. The molecule has 0 saturated heterocycles. The summed E-state index contributed by atoms with van der Waals surface area (Å²) in [6.07, 6.45) is -0.798. The molecule has 0 aliphatic heterocycles. The lowest BCUT2D eigenvalue weighted by molar-refractivity contribution is 0.214. The number of hydrogen-bond donors (Lipinski definition) is 1. The van der Waals surface area contributed by atoms with Gasteiger partial charge in [-0.2, -0.15) is 0 Å². The van der Waals surface area contributed by atoms with E-state index in [9.17, 15) is 5.11 Å². The molecule has 0 spiro atoms. The molecule has 0 radical (unpaired) electrons. The molecule has 0 heterocycles. The van der Waals surface area contributed by atoms with E-state index < -0.39 is 6.10 Å². The average Bonchev–Trinajstić information content (AvgIpc) is 2.46. The number of benzene rings is 2. The molecule has 4 heteroatoms. The molecule has 0 amide bonds. The van der Waals surface area contributed by atoms with Gasteiger partial charge in [0.1, 0.15) is 17.6 Å². The fourth-order valence-electron chi connectivity index (χ4n) is 2.10. The summed E-state index contributed by atoms with van der Waals surface area (Å²) in [6.45, 7) is 1.97. The first-order valence-corrected chi connectivity index (χ1v) is 6.60. The minimum absolute atomic E-state index is 0.468. The van der Waals surface area contributed by atoms with Gasteiger partial charge in [-0.15, -0.1) is 0 Å². The smallest absolute Gasteiger partial charge is 0.137 e. The van der Waals surface area contributed by atoms with Crippen molar-refractivity contribution in [2.45, 2.75) is 13.0 Å². The van der Waals surface area contributed by atoms with Crippen molar-refractivity contribution in [2.75, 3.05) is 14.2 Å². The lowest BCUT2D eigenvalue weighted by Gasteiger charge is -2.16. The van der Waals surface area contributed by atoms with Gasteiger partial charge >= 0.3 is 0 Å². The Morgan fingerprint density at radius 1 is 1.00 bits per heavy atom. The Balaban J connectivity index is 2.43. The molecular weight excluding hydrogens is 276 g/mol. The average molecular weight is 293 g/mol. The van der Waals surface area contributed by atoms with Crippen molar-refractivity contribution in [3.05, 3.63) is 58.1 Å². The predicted molar refractivity (Wildman–Crippen MR) is 79.8 cm³/mol. The summed E-state index contributed by atoms with van der Waals surface area (Å²) >= 11 is 6.10. The van der Waals surface area contributed by atoms with Crippen molar-refractivity contribution in [3.8, 4) is 11.5 Å². The summed E-state index contributed by atoms with van der Waals surface area (Å²) < 4.78 is 10.4. The second-order valence-electron chi connectivity index (χ2n) is 4.54. The maximum atomic E-state index is 10.5. The van der Waals surface area contributed by atoms with Gasteiger partial charge in [0.05, 0.1) is 19.2 Å².